The number of nitrogens with two attached hydrogens (primary N) is 1. The van der Waals surface area contributed by atoms with Crippen LogP contribution < -0.4 is 5.84 Å². The van der Waals surface area contributed by atoms with Gasteiger partial charge < -0.3 is 19.9 Å². The molecule has 4 N–H and O–H groups in total. The lowest BCUT2D eigenvalue weighted by molar-refractivity contribution is -0.325. The number of aliphatic hydroxyl groups is 2. The molecule has 0 aromatic carbocycles. The Labute approximate surface area is 65.9 Å². The Morgan fingerprint density at radius 2 is 1.50 bits per heavy atom. The molecule has 0 spiro atoms. The van der Waals surface area contributed by atoms with Crippen LogP contribution in [-0.4, -0.2) is 39.7 Å². The third kappa shape index (κ3) is 1.51. The van der Waals surface area contributed by atoms with E-state index in [0.717, 1.165) is 0 Å². The second kappa shape index (κ2) is 3.03. The molecule has 8 nitrogen and oxygen atoms in total. The molecule has 1 aliphatic heterocycles. The minimum atomic E-state index is -1.98. The number of rotatable bonds is 0. The first-order valence-corrected chi connectivity index (χ1v) is 2.87. The summed E-state index contributed by atoms with van der Waals surface area (Å²) in [4.78, 5) is 29.2. The molecule has 1 rings (SSSR count). The average molecular weight is 178 g/mol. The van der Waals surface area contributed by atoms with E-state index in [-0.39, 0.29) is 5.34 Å². The molecule has 0 radical (unpaired) electrons. The van der Waals surface area contributed by atoms with Crippen LogP contribution in [0.2, 0.25) is 0 Å². The van der Waals surface area contributed by atoms with Crippen molar-refractivity contribution in [1.82, 2.24) is 5.34 Å². The van der Waals surface area contributed by atoms with Gasteiger partial charge in [0, 0.05) is 0 Å². The highest BCUT2D eigenvalue weighted by molar-refractivity contribution is 5.85. The monoisotopic (exact) mass is 178 g/mol. The third-order valence-corrected chi connectivity index (χ3v) is 1.14. The molecule has 0 amide bonds. The molecule has 0 saturated carbocycles. The van der Waals surface area contributed by atoms with Crippen LogP contribution in [0.5, 0.6) is 0 Å². The third-order valence-electron chi connectivity index (χ3n) is 1.14. The van der Waals surface area contributed by atoms with Gasteiger partial charge >= 0.3 is 11.9 Å². The first-order valence-electron chi connectivity index (χ1n) is 2.87. The van der Waals surface area contributed by atoms with Crippen LogP contribution in [0, 0.1) is 0 Å². The van der Waals surface area contributed by atoms with Crippen LogP contribution in [0.25, 0.3) is 0 Å². The van der Waals surface area contributed by atoms with Gasteiger partial charge in [0.25, 0.3) is 0 Å². The molecule has 1 aliphatic rings. The lowest BCUT2D eigenvalue weighted by atomic mass is 10.2. The largest absolute Gasteiger partial charge is 0.379 e. The maximum Gasteiger partial charge on any atom is 0.362 e. The van der Waals surface area contributed by atoms with E-state index in [4.69, 9.17) is 16.1 Å². The maximum atomic E-state index is 10.6. The SMILES string of the molecule is NN1OC(=O)C(O)C(O)C(=O)O1. The number of aliphatic hydroxyl groups excluding tert-OH is 2. The van der Waals surface area contributed by atoms with Crippen molar-refractivity contribution in [2.24, 2.45) is 5.84 Å². The molecule has 8 heteroatoms. The molecule has 0 aliphatic carbocycles. The number of hydrogen-bond acceptors (Lipinski definition) is 8. The van der Waals surface area contributed by atoms with Crippen molar-refractivity contribution in [3.63, 3.8) is 0 Å². The highest BCUT2D eigenvalue weighted by Gasteiger charge is 2.38. The van der Waals surface area contributed by atoms with Crippen LogP contribution in [0.15, 0.2) is 0 Å². The first kappa shape index (κ1) is 8.87. The summed E-state index contributed by atoms with van der Waals surface area (Å²) in [7, 11) is 0. The molecule has 1 saturated heterocycles. The van der Waals surface area contributed by atoms with Gasteiger partial charge in [0.1, 0.15) is 5.34 Å². The van der Waals surface area contributed by atoms with E-state index in [9.17, 15) is 9.59 Å². The molecule has 2 atom stereocenters. The number of hydrazine groups is 1. The van der Waals surface area contributed by atoms with Crippen LogP contribution >= 0.6 is 0 Å². The van der Waals surface area contributed by atoms with Gasteiger partial charge in [-0.1, -0.05) is 0 Å². The van der Waals surface area contributed by atoms with E-state index in [0.29, 0.717) is 0 Å². The molecule has 2 unspecified atom stereocenters. The van der Waals surface area contributed by atoms with Gasteiger partial charge in [0.2, 0.25) is 0 Å². The van der Waals surface area contributed by atoms with Crippen molar-refractivity contribution in [2.45, 2.75) is 12.2 Å². The Hall–Kier alpha value is -1.22. The summed E-state index contributed by atoms with van der Waals surface area (Å²) in [5.74, 6) is 2.23. The smallest absolute Gasteiger partial charge is 0.362 e. The zero-order valence-electron chi connectivity index (χ0n) is 5.71. The van der Waals surface area contributed by atoms with Crippen molar-refractivity contribution in [3.8, 4) is 0 Å². The summed E-state index contributed by atoms with van der Waals surface area (Å²) in [6.07, 6.45) is -3.96. The normalized spacial score (nSPS) is 32.2. The second-order valence-electron chi connectivity index (χ2n) is 2.00. The van der Waals surface area contributed by atoms with Crippen molar-refractivity contribution in [1.29, 1.82) is 0 Å². The number of hydrogen-bond donors (Lipinski definition) is 3. The predicted molar refractivity (Wildman–Crippen MR) is 30.2 cm³/mol. The summed E-state index contributed by atoms with van der Waals surface area (Å²) in [6.45, 7) is 0. The zero-order valence-corrected chi connectivity index (χ0v) is 5.71. The molecule has 12 heavy (non-hydrogen) atoms. The maximum absolute atomic E-state index is 10.6. The van der Waals surface area contributed by atoms with E-state index < -0.39 is 24.1 Å². The molecule has 68 valence electrons. The van der Waals surface area contributed by atoms with Gasteiger partial charge in [-0.3, -0.25) is 0 Å². The van der Waals surface area contributed by atoms with Crippen LogP contribution in [0.1, 0.15) is 0 Å². The fourth-order valence-electron chi connectivity index (χ4n) is 0.562. The van der Waals surface area contributed by atoms with Crippen molar-refractivity contribution in [2.75, 3.05) is 0 Å². The highest BCUT2D eigenvalue weighted by atomic mass is 17.0. The quantitative estimate of drug-likeness (QED) is 0.332. The average Bonchev–Trinajstić information content (AvgIpc) is 2.05. The number of carbonyl (C=O) groups excluding carboxylic acids is 2. The van der Waals surface area contributed by atoms with Crippen molar-refractivity contribution < 1.29 is 29.5 Å². The Kier molecular flexibility index (Phi) is 2.24. The van der Waals surface area contributed by atoms with Crippen LogP contribution in [-0.2, 0) is 19.3 Å². The van der Waals surface area contributed by atoms with Gasteiger partial charge in [-0.2, -0.15) is 5.84 Å². The van der Waals surface area contributed by atoms with Crippen molar-refractivity contribution in [3.05, 3.63) is 0 Å². The lowest BCUT2D eigenvalue weighted by Gasteiger charge is -2.08. The van der Waals surface area contributed by atoms with Gasteiger partial charge in [-0.05, 0) is 0 Å². The fraction of sp³-hybridized carbons (Fsp3) is 0.500. The Balaban J connectivity index is 2.80. The summed E-state index contributed by atoms with van der Waals surface area (Å²) >= 11 is 0. The summed E-state index contributed by atoms with van der Waals surface area (Å²) in [5, 5.41) is 17.6. The van der Waals surface area contributed by atoms with E-state index >= 15 is 0 Å². The fourth-order valence-corrected chi connectivity index (χ4v) is 0.562. The second-order valence-corrected chi connectivity index (χ2v) is 2.00. The topological polar surface area (TPSA) is 122 Å². The Bertz CT molecular complexity index is 196. The minimum Gasteiger partial charge on any atom is -0.379 e. The predicted octanol–water partition coefficient (Wildman–Crippen LogP) is -3.19. The van der Waals surface area contributed by atoms with Gasteiger partial charge in [0.05, 0.1) is 0 Å². The van der Waals surface area contributed by atoms with E-state index in [2.05, 4.69) is 9.68 Å². The Morgan fingerprint density at radius 1 is 1.17 bits per heavy atom. The molecular formula is C4H6N2O6. The number of carbonyl (C=O) groups is 2. The first-order chi connectivity index (χ1) is 5.52. The molecular weight excluding hydrogens is 172 g/mol. The lowest BCUT2D eigenvalue weighted by Crippen LogP contribution is -2.38. The van der Waals surface area contributed by atoms with Gasteiger partial charge in [-0.15, -0.1) is 0 Å². The van der Waals surface area contributed by atoms with Crippen LogP contribution in [0.3, 0.4) is 0 Å². The highest BCUT2D eigenvalue weighted by Crippen LogP contribution is 2.05. The molecule has 1 fully saturated rings. The molecule has 0 aromatic rings. The van der Waals surface area contributed by atoms with E-state index in [1.54, 1.807) is 0 Å². The number of nitrogens with zero attached hydrogens (tertiary/aromatic N) is 1. The van der Waals surface area contributed by atoms with Gasteiger partial charge in [0.15, 0.2) is 12.2 Å². The standard InChI is InChI=1S/C4H6N2O6/c5-6-11-3(9)1(7)2(8)4(10)12-6/h1-2,7-8H,5H2. The van der Waals surface area contributed by atoms with E-state index in [1.165, 1.54) is 0 Å². The van der Waals surface area contributed by atoms with Crippen molar-refractivity contribution >= 4 is 11.9 Å². The molecule has 0 aromatic heterocycles. The summed E-state index contributed by atoms with van der Waals surface area (Å²) < 4.78 is 0. The van der Waals surface area contributed by atoms with Crippen LogP contribution in [0.4, 0.5) is 0 Å². The summed E-state index contributed by atoms with van der Waals surface area (Å²) in [6, 6.07) is 0. The summed E-state index contributed by atoms with van der Waals surface area (Å²) in [5.41, 5.74) is 0. The minimum absolute atomic E-state index is 0.0376. The molecule has 0 bridgehead atoms. The van der Waals surface area contributed by atoms with E-state index in [1.807, 2.05) is 0 Å². The Morgan fingerprint density at radius 3 is 1.83 bits per heavy atom. The molecule has 1 heterocycles. The van der Waals surface area contributed by atoms with Gasteiger partial charge in [-0.25, -0.2) is 9.59 Å². The zero-order chi connectivity index (χ0) is 9.30.